The Balaban J connectivity index is 1.29. The molecule has 216 valence electrons. The zero-order valence-electron chi connectivity index (χ0n) is 23.0. The van der Waals surface area contributed by atoms with Crippen molar-refractivity contribution in [2.24, 2.45) is 0 Å². The lowest BCUT2D eigenvalue weighted by atomic mass is 10.1. The van der Waals surface area contributed by atoms with Crippen molar-refractivity contribution in [3.63, 3.8) is 0 Å². The molecule has 2 aliphatic heterocycles. The van der Waals surface area contributed by atoms with Crippen LogP contribution >= 0.6 is 0 Å². The van der Waals surface area contributed by atoms with Crippen molar-refractivity contribution in [1.29, 1.82) is 0 Å². The highest BCUT2D eigenvalue weighted by molar-refractivity contribution is 6.23. The van der Waals surface area contributed by atoms with Gasteiger partial charge < -0.3 is 19.1 Å². The monoisotopic (exact) mass is 569 g/mol. The van der Waals surface area contributed by atoms with E-state index in [1.54, 1.807) is 33.5 Å². The summed E-state index contributed by atoms with van der Waals surface area (Å²) in [6, 6.07) is 13.5. The lowest BCUT2D eigenvalue weighted by Gasteiger charge is -2.37. The summed E-state index contributed by atoms with van der Waals surface area (Å²) in [5.41, 5.74) is 1.93. The predicted molar refractivity (Wildman–Crippen MR) is 146 cm³/mol. The molecule has 41 heavy (non-hydrogen) atoms. The molecule has 3 aromatic carbocycles. The van der Waals surface area contributed by atoms with Gasteiger partial charge in [0.25, 0.3) is 11.8 Å². The minimum absolute atomic E-state index is 0.106. The SMILES string of the molecule is COc1ccc(CN2CCN(c3cccc4c3C(=O)N(Cc3ccc(C(F)(F)F)cc3)C4=O)CC2)c(OC)c1OC. The van der Waals surface area contributed by atoms with Gasteiger partial charge in [0.2, 0.25) is 5.75 Å². The van der Waals surface area contributed by atoms with Crippen molar-refractivity contribution in [2.45, 2.75) is 19.3 Å². The van der Waals surface area contributed by atoms with Crippen molar-refractivity contribution >= 4 is 17.5 Å². The molecular formula is C30H30F3N3O5. The molecule has 8 nitrogen and oxygen atoms in total. The number of carbonyl (C=O) groups is 2. The summed E-state index contributed by atoms with van der Waals surface area (Å²) in [6.45, 7) is 3.20. The molecule has 0 radical (unpaired) electrons. The topological polar surface area (TPSA) is 71.6 Å². The first-order valence-corrected chi connectivity index (χ1v) is 13.1. The van der Waals surface area contributed by atoms with Crippen molar-refractivity contribution in [1.82, 2.24) is 9.80 Å². The van der Waals surface area contributed by atoms with Gasteiger partial charge in [-0.05, 0) is 35.9 Å². The number of hydrogen-bond acceptors (Lipinski definition) is 7. The fraction of sp³-hybridized carbons (Fsp3) is 0.333. The molecule has 1 saturated heterocycles. The first-order chi connectivity index (χ1) is 19.7. The third-order valence-corrected chi connectivity index (χ3v) is 7.49. The number of ether oxygens (including phenoxy) is 3. The number of amides is 2. The van der Waals surface area contributed by atoms with Crippen LogP contribution in [0.3, 0.4) is 0 Å². The molecule has 11 heteroatoms. The van der Waals surface area contributed by atoms with E-state index in [-0.39, 0.29) is 6.54 Å². The first-order valence-electron chi connectivity index (χ1n) is 13.1. The number of piperazine rings is 1. The Morgan fingerprint density at radius 1 is 0.756 bits per heavy atom. The lowest BCUT2D eigenvalue weighted by Crippen LogP contribution is -2.46. The van der Waals surface area contributed by atoms with Gasteiger partial charge in [-0.15, -0.1) is 0 Å². The zero-order valence-corrected chi connectivity index (χ0v) is 23.0. The normalized spacial score (nSPS) is 15.8. The van der Waals surface area contributed by atoms with Crippen LogP contribution in [-0.4, -0.2) is 69.1 Å². The summed E-state index contributed by atoms with van der Waals surface area (Å²) in [6.07, 6.45) is -4.46. The molecule has 0 unspecified atom stereocenters. The molecule has 0 bridgehead atoms. The van der Waals surface area contributed by atoms with Gasteiger partial charge in [-0.3, -0.25) is 19.4 Å². The third kappa shape index (κ3) is 5.41. The summed E-state index contributed by atoms with van der Waals surface area (Å²) in [4.78, 5) is 32.1. The molecular weight excluding hydrogens is 539 g/mol. The van der Waals surface area contributed by atoms with Crippen LogP contribution in [0, 0.1) is 0 Å². The van der Waals surface area contributed by atoms with Gasteiger partial charge in [-0.25, -0.2) is 0 Å². The Morgan fingerprint density at radius 2 is 1.44 bits per heavy atom. The molecule has 5 rings (SSSR count). The van der Waals surface area contributed by atoms with E-state index >= 15 is 0 Å². The molecule has 0 N–H and O–H groups in total. The van der Waals surface area contributed by atoms with Crippen molar-refractivity contribution in [3.8, 4) is 17.2 Å². The minimum atomic E-state index is -4.46. The van der Waals surface area contributed by atoms with Gasteiger partial charge in [0.15, 0.2) is 11.5 Å². The maximum absolute atomic E-state index is 13.4. The number of fused-ring (bicyclic) bond motifs is 1. The molecule has 1 fully saturated rings. The second-order valence-corrected chi connectivity index (χ2v) is 9.85. The molecule has 3 aromatic rings. The molecule has 2 aliphatic rings. The highest BCUT2D eigenvalue weighted by atomic mass is 19.4. The van der Waals surface area contributed by atoms with Crippen LogP contribution in [0.25, 0.3) is 0 Å². The van der Waals surface area contributed by atoms with Gasteiger partial charge in [0.1, 0.15) is 0 Å². The smallest absolute Gasteiger partial charge is 0.416 e. The largest absolute Gasteiger partial charge is 0.493 e. The van der Waals surface area contributed by atoms with Crippen molar-refractivity contribution in [3.05, 3.63) is 82.4 Å². The number of halogens is 3. The number of carbonyl (C=O) groups excluding carboxylic acids is 2. The van der Waals surface area contributed by atoms with E-state index in [1.807, 2.05) is 18.2 Å². The molecule has 0 aromatic heterocycles. The quantitative estimate of drug-likeness (QED) is 0.359. The number of hydrogen-bond donors (Lipinski definition) is 0. The van der Waals surface area contributed by atoms with Gasteiger partial charge in [-0.2, -0.15) is 13.2 Å². The Morgan fingerprint density at radius 3 is 2.05 bits per heavy atom. The van der Waals surface area contributed by atoms with Crippen molar-refractivity contribution in [2.75, 3.05) is 52.4 Å². The number of alkyl halides is 3. The van der Waals surface area contributed by atoms with E-state index in [1.165, 1.54) is 12.1 Å². The third-order valence-electron chi connectivity index (χ3n) is 7.49. The summed E-state index contributed by atoms with van der Waals surface area (Å²) >= 11 is 0. The molecule has 0 saturated carbocycles. The Labute approximate surface area is 235 Å². The van der Waals surface area contributed by atoms with Crippen LogP contribution in [-0.2, 0) is 19.3 Å². The van der Waals surface area contributed by atoms with Gasteiger partial charge in [-0.1, -0.05) is 24.3 Å². The summed E-state index contributed by atoms with van der Waals surface area (Å²) in [7, 11) is 4.73. The van der Waals surface area contributed by atoms with Gasteiger partial charge in [0, 0.05) is 38.3 Å². The Hall–Kier alpha value is -4.25. The molecule has 0 atom stereocenters. The molecule has 0 spiro atoms. The standard InChI is InChI=1S/C30H30F3N3O5/c1-39-24-12-9-20(26(40-2)27(24)41-3)18-34-13-15-35(16-14-34)23-6-4-5-22-25(23)29(38)36(28(22)37)17-19-7-10-21(11-8-19)30(31,32)33/h4-12H,13-18H2,1-3H3. The summed E-state index contributed by atoms with van der Waals surface area (Å²) in [5, 5.41) is 0. The lowest BCUT2D eigenvalue weighted by molar-refractivity contribution is -0.137. The van der Waals surface area contributed by atoms with Crippen LogP contribution in [0.1, 0.15) is 37.4 Å². The number of benzene rings is 3. The van der Waals surface area contributed by atoms with E-state index in [0.717, 1.165) is 22.6 Å². The van der Waals surface area contributed by atoms with Crippen LogP contribution < -0.4 is 19.1 Å². The number of rotatable bonds is 8. The maximum atomic E-state index is 13.4. The number of nitrogens with zero attached hydrogens (tertiary/aromatic N) is 3. The molecule has 0 aliphatic carbocycles. The van der Waals surface area contributed by atoms with E-state index in [0.29, 0.717) is 72.4 Å². The van der Waals surface area contributed by atoms with E-state index < -0.39 is 23.6 Å². The second kappa shape index (κ2) is 11.3. The average molecular weight is 570 g/mol. The fourth-order valence-corrected chi connectivity index (χ4v) is 5.38. The molecule has 2 heterocycles. The Bertz CT molecular complexity index is 1450. The van der Waals surface area contributed by atoms with Crippen LogP contribution in [0.2, 0.25) is 0 Å². The van der Waals surface area contributed by atoms with Gasteiger partial charge in [0.05, 0.1) is 50.3 Å². The highest BCUT2D eigenvalue weighted by Gasteiger charge is 2.39. The van der Waals surface area contributed by atoms with E-state index in [4.69, 9.17) is 14.2 Å². The van der Waals surface area contributed by atoms with Crippen LogP contribution in [0.5, 0.6) is 17.2 Å². The predicted octanol–water partition coefficient (Wildman–Crippen LogP) is 4.85. The van der Waals surface area contributed by atoms with E-state index in [2.05, 4.69) is 9.80 Å². The summed E-state index contributed by atoms with van der Waals surface area (Å²) in [5.74, 6) is 0.841. The first kappa shape index (κ1) is 28.3. The Kier molecular flexibility index (Phi) is 7.81. The number of anilines is 1. The van der Waals surface area contributed by atoms with E-state index in [9.17, 15) is 22.8 Å². The fourth-order valence-electron chi connectivity index (χ4n) is 5.38. The highest BCUT2D eigenvalue weighted by Crippen LogP contribution is 2.40. The van der Waals surface area contributed by atoms with Crippen LogP contribution in [0.15, 0.2) is 54.6 Å². The van der Waals surface area contributed by atoms with Crippen molar-refractivity contribution < 1.29 is 37.0 Å². The summed E-state index contributed by atoms with van der Waals surface area (Å²) < 4.78 is 55.3. The average Bonchev–Trinajstić information content (AvgIpc) is 3.22. The maximum Gasteiger partial charge on any atom is 0.416 e. The zero-order chi connectivity index (χ0) is 29.3. The molecule has 2 amide bonds. The minimum Gasteiger partial charge on any atom is -0.493 e. The van der Waals surface area contributed by atoms with Gasteiger partial charge >= 0.3 is 6.18 Å². The van der Waals surface area contributed by atoms with Crippen LogP contribution in [0.4, 0.5) is 18.9 Å². The number of imide groups is 1. The number of methoxy groups -OCH3 is 3. The second-order valence-electron chi connectivity index (χ2n) is 9.85.